The maximum absolute atomic E-state index is 13.0. The van der Waals surface area contributed by atoms with Crippen molar-refractivity contribution in [1.82, 2.24) is 14.7 Å². The summed E-state index contributed by atoms with van der Waals surface area (Å²) in [5.41, 5.74) is 1.15. The van der Waals surface area contributed by atoms with Crippen molar-refractivity contribution in [3.05, 3.63) is 35.9 Å². The summed E-state index contributed by atoms with van der Waals surface area (Å²) in [6.45, 7) is 2.37. The molecule has 1 aliphatic heterocycles. The maximum atomic E-state index is 13.0. The SMILES string of the molecule is COC(=O)N1CCCN(C(=O)[C@@H](Cc2ccccc2)N(C)C)CC1. The van der Waals surface area contributed by atoms with Gasteiger partial charge in [-0.05, 0) is 32.5 Å². The van der Waals surface area contributed by atoms with Gasteiger partial charge in [0.15, 0.2) is 0 Å². The highest BCUT2D eigenvalue weighted by atomic mass is 16.5. The second-order valence-corrected chi connectivity index (χ2v) is 6.31. The average molecular weight is 333 g/mol. The Labute approximate surface area is 144 Å². The number of benzene rings is 1. The lowest BCUT2D eigenvalue weighted by Gasteiger charge is -2.30. The summed E-state index contributed by atoms with van der Waals surface area (Å²) in [7, 11) is 5.26. The van der Waals surface area contributed by atoms with Crippen LogP contribution in [0.2, 0.25) is 0 Å². The van der Waals surface area contributed by atoms with Crippen molar-refractivity contribution in [3.8, 4) is 0 Å². The highest BCUT2D eigenvalue weighted by Crippen LogP contribution is 2.12. The minimum absolute atomic E-state index is 0.121. The Morgan fingerprint density at radius 3 is 2.33 bits per heavy atom. The Kier molecular flexibility index (Phi) is 6.61. The van der Waals surface area contributed by atoms with Gasteiger partial charge < -0.3 is 14.5 Å². The third-order valence-corrected chi connectivity index (χ3v) is 4.42. The minimum atomic E-state index is -0.322. The van der Waals surface area contributed by atoms with Crippen LogP contribution in [0.15, 0.2) is 30.3 Å². The fraction of sp³-hybridized carbons (Fsp3) is 0.556. The van der Waals surface area contributed by atoms with E-state index in [9.17, 15) is 9.59 Å². The van der Waals surface area contributed by atoms with Crippen molar-refractivity contribution >= 4 is 12.0 Å². The molecule has 1 atom stereocenters. The molecule has 1 aliphatic rings. The lowest BCUT2D eigenvalue weighted by atomic mass is 10.0. The van der Waals surface area contributed by atoms with Crippen LogP contribution in [0, 0.1) is 0 Å². The molecule has 0 aromatic heterocycles. The molecular formula is C18H27N3O3. The number of ether oxygens (including phenoxy) is 1. The van der Waals surface area contributed by atoms with E-state index in [4.69, 9.17) is 4.74 Å². The lowest BCUT2D eigenvalue weighted by molar-refractivity contribution is -0.136. The smallest absolute Gasteiger partial charge is 0.409 e. The number of rotatable bonds is 4. The number of methoxy groups -OCH3 is 1. The van der Waals surface area contributed by atoms with Crippen LogP contribution in [0.3, 0.4) is 0 Å². The van der Waals surface area contributed by atoms with Gasteiger partial charge in [-0.3, -0.25) is 9.69 Å². The molecule has 6 heteroatoms. The Balaban J connectivity index is 2.02. The van der Waals surface area contributed by atoms with Gasteiger partial charge in [0, 0.05) is 26.2 Å². The molecule has 6 nitrogen and oxygen atoms in total. The molecule has 2 rings (SSSR count). The second-order valence-electron chi connectivity index (χ2n) is 6.31. The van der Waals surface area contributed by atoms with Crippen LogP contribution in [0.4, 0.5) is 4.79 Å². The summed E-state index contributed by atoms with van der Waals surface area (Å²) in [5.74, 6) is 0.121. The molecular weight excluding hydrogens is 306 g/mol. The predicted molar refractivity (Wildman–Crippen MR) is 92.8 cm³/mol. The van der Waals surface area contributed by atoms with Crippen molar-refractivity contribution in [3.63, 3.8) is 0 Å². The van der Waals surface area contributed by atoms with Gasteiger partial charge in [-0.2, -0.15) is 0 Å². The molecule has 1 aromatic carbocycles. The molecule has 24 heavy (non-hydrogen) atoms. The number of hydrogen-bond acceptors (Lipinski definition) is 4. The van der Waals surface area contributed by atoms with E-state index in [2.05, 4.69) is 0 Å². The summed E-state index contributed by atoms with van der Waals surface area (Å²) in [6, 6.07) is 9.86. The molecule has 0 unspecified atom stereocenters. The normalized spacial score (nSPS) is 16.7. The fourth-order valence-corrected chi connectivity index (χ4v) is 2.99. The molecule has 0 N–H and O–H groups in total. The van der Waals surface area contributed by atoms with E-state index in [0.29, 0.717) is 32.6 Å². The second kappa shape index (κ2) is 8.68. The number of nitrogens with zero attached hydrogens (tertiary/aromatic N) is 3. The summed E-state index contributed by atoms with van der Waals surface area (Å²) >= 11 is 0. The zero-order chi connectivity index (χ0) is 17.5. The van der Waals surface area contributed by atoms with Crippen LogP contribution in [-0.2, 0) is 16.0 Å². The molecule has 0 spiro atoms. The largest absolute Gasteiger partial charge is 0.453 e. The third-order valence-electron chi connectivity index (χ3n) is 4.42. The number of carbonyl (C=O) groups is 2. The van der Waals surface area contributed by atoms with E-state index in [-0.39, 0.29) is 18.0 Å². The zero-order valence-corrected chi connectivity index (χ0v) is 14.8. The van der Waals surface area contributed by atoms with Gasteiger partial charge >= 0.3 is 6.09 Å². The van der Waals surface area contributed by atoms with E-state index < -0.39 is 0 Å². The van der Waals surface area contributed by atoms with Gasteiger partial charge in [0.1, 0.15) is 0 Å². The Hall–Kier alpha value is -2.08. The topological polar surface area (TPSA) is 53.1 Å². The number of hydrogen-bond donors (Lipinski definition) is 0. The minimum Gasteiger partial charge on any atom is -0.453 e. The van der Waals surface area contributed by atoms with E-state index in [1.807, 2.05) is 54.2 Å². The van der Waals surface area contributed by atoms with E-state index >= 15 is 0 Å². The average Bonchev–Trinajstić information content (AvgIpc) is 2.85. The molecule has 1 fully saturated rings. The van der Waals surface area contributed by atoms with Crippen LogP contribution in [0.1, 0.15) is 12.0 Å². The molecule has 1 saturated heterocycles. The summed E-state index contributed by atoms with van der Waals surface area (Å²) in [4.78, 5) is 30.2. The Morgan fingerprint density at radius 1 is 1.08 bits per heavy atom. The van der Waals surface area contributed by atoms with Crippen LogP contribution in [0.5, 0.6) is 0 Å². The lowest BCUT2D eigenvalue weighted by Crippen LogP contribution is -2.48. The van der Waals surface area contributed by atoms with E-state index in [1.165, 1.54) is 7.11 Å². The summed E-state index contributed by atoms with van der Waals surface area (Å²) in [5, 5.41) is 0. The summed E-state index contributed by atoms with van der Waals surface area (Å²) in [6.07, 6.45) is 1.13. The van der Waals surface area contributed by atoms with Gasteiger partial charge in [0.2, 0.25) is 5.91 Å². The molecule has 132 valence electrons. The highest BCUT2D eigenvalue weighted by molar-refractivity contribution is 5.82. The van der Waals surface area contributed by atoms with E-state index in [1.54, 1.807) is 4.90 Å². The highest BCUT2D eigenvalue weighted by Gasteiger charge is 2.29. The van der Waals surface area contributed by atoms with Crippen molar-refractivity contribution in [1.29, 1.82) is 0 Å². The van der Waals surface area contributed by atoms with Gasteiger partial charge in [-0.15, -0.1) is 0 Å². The zero-order valence-electron chi connectivity index (χ0n) is 14.8. The number of likely N-dealkylation sites (N-methyl/N-ethyl adjacent to an activating group) is 1. The van der Waals surface area contributed by atoms with E-state index in [0.717, 1.165) is 12.0 Å². The standard InChI is InChI=1S/C18H27N3O3/c1-19(2)16(14-15-8-5-4-6-9-15)17(22)20-10-7-11-21(13-12-20)18(23)24-3/h4-6,8-9,16H,7,10-14H2,1-3H3/t16-/m1/s1. The van der Waals surface area contributed by atoms with Crippen LogP contribution in [-0.4, -0.2) is 80.1 Å². The molecule has 1 heterocycles. The number of amides is 2. The Morgan fingerprint density at radius 2 is 1.71 bits per heavy atom. The third kappa shape index (κ3) is 4.71. The monoisotopic (exact) mass is 333 g/mol. The molecule has 0 radical (unpaired) electrons. The first-order chi connectivity index (χ1) is 11.5. The van der Waals surface area contributed by atoms with Gasteiger partial charge in [-0.1, -0.05) is 30.3 Å². The molecule has 2 amide bonds. The molecule has 0 aliphatic carbocycles. The first-order valence-electron chi connectivity index (χ1n) is 8.35. The van der Waals surface area contributed by atoms with Crippen LogP contribution in [0.25, 0.3) is 0 Å². The van der Waals surface area contributed by atoms with Crippen molar-refractivity contribution in [2.75, 3.05) is 47.4 Å². The first-order valence-corrected chi connectivity index (χ1v) is 8.35. The summed E-state index contributed by atoms with van der Waals surface area (Å²) < 4.78 is 4.78. The first kappa shape index (κ1) is 18.3. The fourth-order valence-electron chi connectivity index (χ4n) is 2.99. The quantitative estimate of drug-likeness (QED) is 0.837. The van der Waals surface area contributed by atoms with Gasteiger partial charge in [-0.25, -0.2) is 4.79 Å². The van der Waals surface area contributed by atoms with Gasteiger partial charge in [0.25, 0.3) is 0 Å². The van der Waals surface area contributed by atoms with Crippen LogP contribution < -0.4 is 0 Å². The molecule has 1 aromatic rings. The molecule has 0 saturated carbocycles. The maximum Gasteiger partial charge on any atom is 0.409 e. The molecule has 0 bridgehead atoms. The number of carbonyl (C=O) groups excluding carboxylic acids is 2. The van der Waals surface area contributed by atoms with Crippen molar-refractivity contribution in [2.24, 2.45) is 0 Å². The van der Waals surface area contributed by atoms with Crippen molar-refractivity contribution < 1.29 is 14.3 Å². The Bertz CT molecular complexity index is 548. The van der Waals surface area contributed by atoms with Crippen LogP contribution >= 0.6 is 0 Å². The van der Waals surface area contributed by atoms with Gasteiger partial charge in [0.05, 0.1) is 13.2 Å². The van der Waals surface area contributed by atoms with Crippen molar-refractivity contribution in [2.45, 2.75) is 18.9 Å². The predicted octanol–water partition coefficient (Wildman–Crippen LogP) is 1.46.